The SMILES string of the molecule is CC(N)Cc1cccc(F)c1OCC1CCC(C)O1. The number of para-hydroxylation sites is 1. The molecule has 19 heavy (non-hydrogen) atoms. The fourth-order valence-electron chi connectivity index (χ4n) is 2.41. The summed E-state index contributed by atoms with van der Waals surface area (Å²) in [5.41, 5.74) is 6.60. The van der Waals surface area contributed by atoms with Crippen LogP contribution < -0.4 is 10.5 Å². The highest BCUT2D eigenvalue weighted by molar-refractivity contribution is 5.35. The van der Waals surface area contributed by atoms with Crippen molar-refractivity contribution < 1.29 is 13.9 Å². The van der Waals surface area contributed by atoms with Crippen LogP contribution in [0.1, 0.15) is 32.3 Å². The van der Waals surface area contributed by atoms with Crippen molar-refractivity contribution >= 4 is 0 Å². The number of rotatable bonds is 5. The monoisotopic (exact) mass is 267 g/mol. The molecule has 0 bridgehead atoms. The maximum absolute atomic E-state index is 13.8. The van der Waals surface area contributed by atoms with Crippen molar-refractivity contribution in [3.63, 3.8) is 0 Å². The van der Waals surface area contributed by atoms with Crippen LogP contribution in [0.15, 0.2) is 18.2 Å². The quantitative estimate of drug-likeness (QED) is 0.892. The number of ether oxygens (including phenoxy) is 2. The van der Waals surface area contributed by atoms with E-state index in [9.17, 15) is 4.39 Å². The van der Waals surface area contributed by atoms with E-state index >= 15 is 0 Å². The van der Waals surface area contributed by atoms with Crippen LogP contribution in [0.2, 0.25) is 0 Å². The van der Waals surface area contributed by atoms with Gasteiger partial charge in [-0.15, -0.1) is 0 Å². The Morgan fingerprint density at radius 1 is 1.47 bits per heavy atom. The Morgan fingerprint density at radius 3 is 2.89 bits per heavy atom. The van der Waals surface area contributed by atoms with Crippen LogP contribution in [0.25, 0.3) is 0 Å². The van der Waals surface area contributed by atoms with E-state index in [1.807, 2.05) is 19.9 Å². The zero-order valence-corrected chi connectivity index (χ0v) is 11.6. The summed E-state index contributed by atoms with van der Waals surface area (Å²) in [5.74, 6) is -0.00727. The molecule has 0 radical (unpaired) electrons. The largest absolute Gasteiger partial charge is 0.488 e. The molecule has 1 aliphatic heterocycles. The Hall–Kier alpha value is -1.13. The highest BCUT2D eigenvalue weighted by Crippen LogP contribution is 2.26. The van der Waals surface area contributed by atoms with Crippen molar-refractivity contribution in [3.05, 3.63) is 29.6 Å². The van der Waals surface area contributed by atoms with Gasteiger partial charge in [-0.2, -0.15) is 0 Å². The second-order valence-electron chi connectivity index (χ2n) is 5.37. The molecule has 1 fully saturated rings. The van der Waals surface area contributed by atoms with Crippen molar-refractivity contribution in [2.75, 3.05) is 6.61 Å². The van der Waals surface area contributed by atoms with Crippen molar-refractivity contribution in [2.24, 2.45) is 5.73 Å². The third-order valence-corrected chi connectivity index (χ3v) is 3.32. The lowest BCUT2D eigenvalue weighted by Crippen LogP contribution is -2.21. The first-order valence-corrected chi connectivity index (χ1v) is 6.87. The van der Waals surface area contributed by atoms with E-state index in [-0.39, 0.29) is 24.1 Å². The summed E-state index contributed by atoms with van der Waals surface area (Å²) in [5, 5.41) is 0. The van der Waals surface area contributed by atoms with Gasteiger partial charge in [-0.1, -0.05) is 12.1 Å². The number of hydrogen-bond acceptors (Lipinski definition) is 3. The topological polar surface area (TPSA) is 44.5 Å². The third kappa shape index (κ3) is 3.91. The predicted octanol–water partition coefficient (Wildman–Crippen LogP) is 2.66. The van der Waals surface area contributed by atoms with E-state index in [0.29, 0.717) is 18.8 Å². The normalized spacial score (nSPS) is 24.4. The van der Waals surface area contributed by atoms with Crippen LogP contribution in [0.5, 0.6) is 5.75 Å². The molecule has 1 aliphatic rings. The molecule has 0 amide bonds. The average molecular weight is 267 g/mol. The van der Waals surface area contributed by atoms with Crippen LogP contribution in [-0.2, 0) is 11.2 Å². The minimum atomic E-state index is -0.329. The lowest BCUT2D eigenvalue weighted by Gasteiger charge is -2.16. The molecule has 1 aromatic rings. The molecule has 0 aromatic heterocycles. The standard InChI is InChI=1S/C15H22FNO2/c1-10(17)8-12-4-3-5-14(16)15(12)18-9-13-7-6-11(2)19-13/h3-5,10-11,13H,6-9,17H2,1-2H3. The van der Waals surface area contributed by atoms with E-state index in [2.05, 4.69) is 0 Å². The summed E-state index contributed by atoms with van der Waals surface area (Å²) in [6, 6.07) is 4.94. The van der Waals surface area contributed by atoms with Crippen LogP contribution in [-0.4, -0.2) is 24.9 Å². The molecule has 106 valence electrons. The van der Waals surface area contributed by atoms with Gasteiger partial charge in [0.25, 0.3) is 0 Å². The first-order valence-electron chi connectivity index (χ1n) is 6.87. The van der Waals surface area contributed by atoms with Crippen molar-refractivity contribution in [1.82, 2.24) is 0 Å². The van der Waals surface area contributed by atoms with Gasteiger partial charge in [0.05, 0.1) is 12.2 Å². The second kappa shape index (κ2) is 6.35. The molecule has 2 rings (SSSR count). The molecule has 4 heteroatoms. The summed E-state index contributed by atoms with van der Waals surface area (Å²) in [7, 11) is 0. The van der Waals surface area contributed by atoms with Gasteiger partial charge in [-0.3, -0.25) is 0 Å². The molecular formula is C15H22FNO2. The van der Waals surface area contributed by atoms with Gasteiger partial charge < -0.3 is 15.2 Å². The smallest absolute Gasteiger partial charge is 0.165 e. The van der Waals surface area contributed by atoms with Gasteiger partial charge in [-0.25, -0.2) is 4.39 Å². The van der Waals surface area contributed by atoms with E-state index in [0.717, 1.165) is 18.4 Å². The second-order valence-corrected chi connectivity index (χ2v) is 5.37. The lowest BCUT2D eigenvalue weighted by atomic mass is 10.1. The predicted molar refractivity (Wildman–Crippen MR) is 72.8 cm³/mol. The number of halogens is 1. The van der Waals surface area contributed by atoms with Gasteiger partial charge in [0, 0.05) is 6.04 Å². The molecule has 1 aromatic carbocycles. The minimum absolute atomic E-state index is 0.0214. The molecule has 0 aliphatic carbocycles. The molecule has 1 heterocycles. The fraction of sp³-hybridized carbons (Fsp3) is 0.600. The third-order valence-electron chi connectivity index (χ3n) is 3.32. The van der Waals surface area contributed by atoms with Gasteiger partial charge in [0.1, 0.15) is 6.61 Å². The first kappa shape index (κ1) is 14.3. The molecule has 0 saturated carbocycles. The molecule has 3 nitrogen and oxygen atoms in total. The molecule has 1 saturated heterocycles. The highest BCUT2D eigenvalue weighted by atomic mass is 19.1. The summed E-state index contributed by atoms with van der Waals surface area (Å²) < 4.78 is 25.2. The molecule has 2 N–H and O–H groups in total. The van der Waals surface area contributed by atoms with Gasteiger partial charge in [-0.05, 0) is 44.7 Å². The lowest BCUT2D eigenvalue weighted by molar-refractivity contribution is 0.0254. The zero-order chi connectivity index (χ0) is 13.8. The first-order chi connectivity index (χ1) is 9.06. The highest BCUT2D eigenvalue weighted by Gasteiger charge is 2.23. The Morgan fingerprint density at radius 2 is 2.26 bits per heavy atom. The van der Waals surface area contributed by atoms with Crippen molar-refractivity contribution in [1.29, 1.82) is 0 Å². The van der Waals surface area contributed by atoms with Crippen LogP contribution in [0.3, 0.4) is 0 Å². The summed E-state index contributed by atoms with van der Waals surface area (Å²) in [4.78, 5) is 0. The molecule has 3 unspecified atom stereocenters. The maximum Gasteiger partial charge on any atom is 0.165 e. The number of nitrogens with two attached hydrogens (primary N) is 1. The number of benzene rings is 1. The van der Waals surface area contributed by atoms with E-state index in [1.165, 1.54) is 6.07 Å². The Kier molecular flexibility index (Phi) is 4.77. The zero-order valence-electron chi connectivity index (χ0n) is 11.6. The fourth-order valence-corrected chi connectivity index (χ4v) is 2.41. The molecular weight excluding hydrogens is 245 g/mol. The van der Waals surface area contributed by atoms with Gasteiger partial charge >= 0.3 is 0 Å². The van der Waals surface area contributed by atoms with Crippen molar-refractivity contribution in [2.45, 2.75) is 51.4 Å². The van der Waals surface area contributed by atoms with Gasteiger partial charge in [0.15, 0.2) is 11.6 Å². The summed E-state index contributed by atoms with van der Waals surface area (Å²) in [6.07, 6.45) is 2.96. The number of hydrogen-bond donors (Lipinski definition) is 1. The van der Waals surface area contributed by atoms with Crippen LogP contribution in [0, 0.1) is 5.82 Å². The maximum atomic E-state index is 13.8. The Balaban J connectivity index is 2.01. The van der Waals surface area contributed by atoms with Crippen LogP contribution in [0.4, 0.5) is 4.39 Å². The Bertz CT molecular complexity index is 423. The van der Waals surface area contributed by atoms with Crippen molar-refractivity contribution in [3.8, 4) is 5.75 Å². The van der Waals surface area contributed by atoms with E-state index < -0.39 is 0 Å². The Labute approximate surface area is 113 Å². The molecule has 0 spiro atoms. The van der Waals surface area contributed by atoms with Gasteiger partial charge in [0.2, 0.25) is 0 Å². The minimum Gasteiger partial charge on any atom is -0.488 e. The van der Waals surface area contributed by atoms with E-state index in [4.69, 9.17) is 15.2 Å². The molecule has 3 atom stereocenters. The van der Waals surface area contributed by atoms with Crippen LogP contribution >= 0.6 is 0 Å². The average Bonchev–Trinajstić information content (AvgIpc) is 2.73. The summed E-state index contributed by atoms with van der Waals surface area (Å²) in [6.45, 7) is 4.35. The summed E-state index contributed by atoms with van der Waals surface area (Å²) >= 11 is 0. The van der Waals surface area contributed by atoms with E-state index in [1.54, 1.807) is 6.07 Å².